The van der Waals surface area contributed by atoms with Gasteiger partial charge in [-0.15, -0.1) is 0 Å². The third kappa shape index (κ3) is 3.45. The van der Waals surface area contributed by atoms with E-state index in [4.69, 9.17) is 10.3 Å². The van der Waals surface area contributed by atoms with E-state index in [9.17, 15) is 8.42 Å². The lowest BCUT2D eigenvalue weighted by Gasteiger charge is -2.08. The lowest BCUT2D eigenvalue weighted by Crippen LogP contribution is -2.23. The Labute approximate surface area is 125 Å². The number of nitrogens with zero attached hydrogens (tertiary/aromatic N) is 1. The van der Waals surface area contributed by atoms with Gasteiger partial charge in [0.05, 0.1) is 17.1 Å². The minimum absolute atomic E-state index is 0.0499. The molecule has 108 valence electrons. The molecule has 2 aromatic rings. The van der Waals surface area contributed by atoms with Gasteiger partial charge in [0.15, 0.2) is 5.76 Å². The number of aromatic nitrogens is 1. The van der Waals surface area contributed by atoms with Crippen LogP contribution in [0, 0.1) is 6.92 Å². The monoisotopic (exact) mass is 359 g/mol. The third-order valence-corrected chi connectivity index (χ3v) is 5.01. The van der Waals surface area contributed by atoms with Gasteiger partial charge in [-0.25, -0.2) is 13.1 Å². The van der Waals surface area contributed by atoms with Gasteiger partial charge in [0.25, 0.3) is 0 Å². The maximum absolute atomic E-state index is 12.2. The van der Waals surface area contributed by atoms with Crippen LogP contribution in [0.1, 0.15) is 17.0 Å². The van der Waals surface area contributed by atoms with Crippen molar-refractivity contribution in [2.75, 3.05) is 0 Å². The molecule has 0 amide bonds. The van der Waals surface area contributed by atoms with Crippen molar-refractivity contribution in [2.45, 2.75) is 24.9 Å². The fraction of sp³-hybridized carbons (Fsp3) is 0.250. The van der Waals surface area contributed by atoms with Gasteiger partial charge >= 0.3 is 0 Å². The fourth-order valence-corrected chi connectivity index (χ4v) is 3.75. The number of nitrogens with two attached hydrogens (primary N) is 1. The number of benzene rings is 1. The number of aryl methyl sites for hydroxylation is 1. The van der Waals surface area contributed by atoms with E-state index in [1.54, 1.807) is 25.1 Å². The van der Waals surface area contributed by atoms with Gasteiger partial charge in [0, 0.05) is 17.1 Å². The Morgan fingerprint density at radius 1 is 1.40 bits per heavy atom. The normalized spacial score (nSPS) is 11.8. The van der Waals surface area contributed by atoms with Gasteiger partial charge in [-0.1, -0.05) is 11.2 Å². The van der Waals surface area contributed by atoms with Crippen molar-refractivity contribution in [3.05, 3.63) is 45.8 Å². The van der Waals surface area contributed by atoms with Gasteiger partial charge in [0.1, 0.15) is 0 Å². The SMILES string of the molecule is Cc1cc(CNS(=O)(=O)c2ccc(CN)cc2Br)on1. The Morgan fingerprint density at radius 3 is 2.70 bits per heavy atom. The predicted molar refractivity (Wildman–Crippen MR) is 77.3 cm³/mol. The molecule has 1 heterocycles. The number of hydrogen-bond donors (Lipinski definition) is 2. The lowest BCUT2D eigenvalue weighted by atomic mass is 10.2. The van der Waals surface area contributed by atoms with E-state index in [0.717, 1.165) is 5.56 Å². The van der Waals surface area contributed by atoms with Crippen molar-refractivity contribution in [2.24, 2.45) is 5.73 Å². The molecule has 0 saturated carbocycles. The second-order valence-corrected chi connectivity index (χ2v) is 6.82. The minimum atomic E-state index is -3.63. The first-order valence-electron chi connectivity index (χ1n) is 5.83. The summed E-state index contributed by atoms with van der Waals surface area (Å²) in [6.07, 6.45) is 0. The Morgan fingerprint density at radius 2 is 2.15 bits per heavy atom. The van der Waals surface area contributed by atoms with Gasteiger partial charge in [0.2, 0.25) is 10.0 Å². The molecule has 1 aromatic carbocycles. The first-order chi connectivity index (χ1) is 9.42. The summed E-state index contributed by atoms with van der Waals surface area (Å²) in [5.74, 6) is 0.459. The second kappa shape index (κ2) is 6.04. The molecule has 20 heavy (non-hydrogen) atoms. The van der Waals surface area contributed by atoms with Crippen LogP contribution in [0.5, 0.6) is 0 Å². The van der Waals surface area contributed by atoms with Crippen molar-refractivity contribution >= 4 is 26.0 Å². The van der Waals surface area contributed by atoms with Crippen molar-refractivity contribution in [3.63, 3.8) is 0 Å². The molecule has 2 rings (SSSR count). The summed E-state index contributed by atoms with van der Waals surface area (Å²) in [5, 5.41) is 3.70. The van der Waals surface area contributed by atoms with Gasteiger partial charge in [-0.2, -0.15) is 0 Å². The number of hydrogen-bond acceptors (Lipinski definition) is 5. The van der Waals surface area contributed by atoms with E-state index in [1.165, 1.54) is 6.07 Å². The average Bonchev–Trinajstić information content (AvgIpc) is 2.82. The molecule has 0 atom stereocenters. The van der Waals surface area contributed by atoms with E-state index < -0.39 is 10.0 Å². The van der Waals surface area contributed by atoms with Crippen LogP contribution in [0.2, 0.25) is 0 Å². The Hall–Kier alpha value is -1.22. The Bertz CT molecular complexity index is 712. The molecule has 6 nitrogen and oxygen atoms in total. The first kappa shape index (κ1) is 15.2. The highest BCUT2D eigenvalue weighted by Crippen LogP contribution is 2.23. The van der Waals surface area contributed by atoms with Crippen molar-refractivity contribution in [1.82, 2.24) is 9.88 Å². The van der Waals surface area contributed by atoms with Crippen LogP contribution in [0.3, 0.4) is 0 Å². The quantitative estimate of drug-likeness (QED) is 0.846. The third-order valence-electron chi connectivity index (χ3n) is 2.63. The molecule has 0 radical (unpaired) electrons. The van der Waals surface area contributed by atoms with Crippen LogP contribution < -0.4 is 10.5 Å². The summed E-state index contributed by atoms with van der Waals surface area (Å²) in [5.41, 5.74) is 7.06. The predicted octanol–water partition coefficient (Wildman–Crippen LogP) is 1.68. The van der Waals surface area contributed by atoms with Gasteiger partial charge < -0.3 is 10.3 Å². The van der Waals surface area contributed by atoms with E-state index in [1.807, 2.05) is 0 Å². The minimum Gasteiger partial charge on any atom is -0.360 e. The molecule has 0 spiro atoms. The molecule has 0 aliphatic carbocycles. The zero-order chi connectivity index (χ0) is 14.8. The summed E-state index contributed by atoms with van der Waals surface area (Å²) in [6, 6.07) is 6.56. The molecule has 0 unspecified atom stereocenters. The Balaban J connectivity index is 2.18. The summed E-state index contributed by atoms with van der Waals surface area (Å²) >= 11 is 3.24. The standard InChI is InChI=1S/C12H14BrN3O3S/c1-8-4-10(19-16-8)7-15-20(17,18)12-3-2-9(6-14)5-11(12)13/h2-5,15H,6-7,14H2,1H3. The number of halogens is 1. The van der Waals surface area contributed by atoms with E-state index >= 15 is 0 Å². The molecule has 1 aromatic heterocycles. The van der Waals surface area contributed by atoms with Crippen molar-refractivity contribution in [3.8, 4) is 0 Å². The van der Waals surface area contributed by atoms with Crippen LogP contribution in [-0.4, -0.2) is 13.6 Å². The summed E-state index contributed by atoms with van der Waals surface area (Å²) in [4.78, 5) is 0.158. The van der Waals surface area contributed by atoms with E-state index in [2.05, 4.69) is 25.8 Å². The van der Waals surface area contributed by atoms with Crippen molar-refractivity contribution < 1.29 is 12.9 Å². The zero-order valence-electron chi connectivity index (χ0n) is 10.8. The highest BCUT2D eigenvalue weighted by molar-refractivity contribution is 9.10. The molecular weight excluding hydrogens is 346 g/mol. The van der Waals surface area contributed by atoms with Crippen LogP contribution in [-0.2, 0) is 23.1 Å². The van der Waals surface area contributed by atoms with E-state index in [0.29, 0.717) is 22.5 Å². The molecule has 3 N–H and O–H groups in total. The Kier molecular flexibility index (Phi) is 4.59. The van der Waals surface area contributed by atoms with E-state index in [-0.39, 0.29) is 11.4 Å². The van der Waals surface area contributed by atoms with Crippen LogP contribution >= 0.6 is 15.9 Å². The molecule has 0 aliphatic heterocycles. The highest BCUT2D eigenvalue weighted by Gasteiger charge is 2.18. The van der Waals surface area contributed by atoms with Crippen molar-refractivity contribution in [1.29, 1.82) is 0 Å². The maximum Gasteiger partial charge on any atom is 0.242 e. The van der Waals surface area contributed by atoms with Gasteiger partial charge in [-0.05, 0) is 40.5 Å². The highest BCUT2D eigenvalue weighted by atomic mass is 79.9. The fourth-order valence-electron chi connectivity index (χ4n) is 1.63. The first-order valence-corrected chi connectivity index (χ1v) is 8.10. The van der Waals surface area contributed by atoms with Crippen LogP contribution in [0.15, 0.2) is 38.2 Å². The summed E-state index contributed by atoms with van der Waals surface area (Å²) in [7, 11) is -3.63. The largest absolute Gasteiger partial charge is 0.360 e. The molecule has 0 saturated heterocycles. The molecule has 0 fully saturated rings. The smallest absolute Gasteiger partial charge is 0.242 e. The summed E-state index contributed by atoms with van der Waals surface area (Å²) in [6.45, 7) is 2.17. The van der Waals surface area contributed by atoms with Gasteiger partial charge in [-0.3, -0.25) is 0 Å². The average molecular weight is 360 g/mol. The molecule has 8 heteroatoms. The number of rotatable bonds is 5. The zero-order valence-corrected chi connectivity index (χ0v) is 13.2. The molecule has 0 bridgehead atoms. The second-order valence-electron chi connectivity index (χ2n) is 4.23. The number of nitrogens with one attached hydrogen (secondary N) is 1. The topological polar surface area (TPSA) is 98.2 Å². The number of sulfonamides is 1. The molecular formula is C12H14BrN3O3S. The van der Waals surface area contributed by atoms with Crippen LogP contribution in [0.25, 0.3) is 0 Å². The maximum atomic E-state index is 12.2. The summed E-state index contributed by atoms with van der Waals surface area (Å²) < 4.78 is 32.3. The van der Waals surface area contributed by atoms with Crippen LogP contribution in [0.4, 0.5) is 0 Å². The molecule has 0 aliphatic rings. The lowest BCUT2D eigenvalue weighted by molar-refractivity contribution is 0.377.